The lowest BCUT2D eigenvalue weighted by Crippen LogP contribution is -2.55. The van der Waals surface area contributed by atoms with Crippen molar-refractivity contribution in [2.45, 2.75) is 13.0 Å². The van der Waals surface area contributed by atoms with Crippen molar-refractivity contribution >= 4 is 5.82 Å². The van der Waals surface area contributed by atoms with Crippen molar-refractivity contribution in [3.8, 4) is 0 Å². The first-order valence-electron chi connectivity index (χ1n) is 5.96. The first kappa shape index (κ1) is 10.1. The van der Waals surface area contributed by atoms with Gasteiger partial charge in [0.15, 0.2) is 0 Å². The summed E-state index contributed by atoms with van der Waals surface area (Å²) in [6.45, 7) is 7.62. The molecule has 3 rings (SSSR count). The minimum atomic E-state index is 0.410. The number of hydrogen-bond donors (Lipinski definition) is 3. The van der Waals surface area contributed by atoms with E-state index in [2.05, 4.69) is 38.7 Å². The Morgan fingerprint density at radius 2 is 2.31 bits per heavy atom. The Morgan fingerprint density at radius 1 is 1.50 bits per heavy atom. The molecule has 0 radical (unpaired) electrons. The van der Waals surface area contributed by atoms with Crippen LogP contribution in [-0.2, 0) is 0 Å². The van der Waals surface area contributed by atoms with Crippen molar-refractivity contribution in [3.05, 3.63) is 12.3 Å². The van der Waals surface area contributed by atoms with Crippen LogP contribution in [0.25, 0.3) is 0 Å². The molecule has 2 aliphatic heterocycles. The van der Waals surface area contributed by atoms with Crippen LogP contribution in [0.4, 0.5) is 5.82 Å². The van der Waals surface area contributed by atoms with Gasteiger partial charge in [-0.05, 0) is 0 Å². The van der Waals surface area contributed by atoms with E-state index in [0.717, 1.165) is 38.5 Å². The maximum absolute atomic E-state index is 4.38. The molecule has 0 aromatic carbocycles. The smallest absolute Gasteiger partial charge is 0.124 e. The predicted octanol–water partition coefficient (Wildman–Crippen LogP) is 0.0488. The van der Waals surface area contributed by atoms with Gasteiger partial charge in [-0.3, -0.25) is 0 Å². The first-order chi connectivity index (χ1) is 7.77. The maximum atomic E-state index is 4.38. The number of anilines is 1. The number of nitrogens with one attached hydrogen (secondary N) is 3. The van der Waals surface area contributed by atoms with Crippen LogP contribution in [-0.4, -0.2) is 42.5 Å². The maximum Gasteiger partial charge on any atom is 0.124 e. The molecule has 1 aromatic heterocycles. The van der Waals surface area contributed by atoms with E-state index in [9.17, 15) is 0 Å². The number of hydrogen-bond acceptors (Lipinski definition) is 4. The average Bonchev–Trinajstić information content (AvgIpc) is 2.57. The van der Waals surface area contributed by atoms with Gasteiger partial charge in [-0.2, -0.15) is 5.10 Å². The van der Waals surface area contributed by atoms with Crippen LogP contribution in [0.15, 0.2) is 12.3 Å². The fraction of sp³-hybridized carbons (Fsp3) is 0.727. The lowest BCUT2D eigenvalue weighted by molar-refractivity contribution is 0.213. The zero-order valence-electron chi connectivity index (χ0n) is 9.66. The summed E-state index contributed by atoms with van der Waals surface area (Å²) in [6.07, 6.45) is 1.88. The lowest BCUT2D eigenvalue weighted by Gasteiger charge is -2.40. The van der Waals surface area contributed by atoms with Crippen LogP contribution in [0.1, 0.15) is 13.0 Å². The van der Waals surface area contributed by atoms with Gasteiger partial charge in [0, 0.05) is 44.2 Å². The molecule has 0 bridgehead atoms. The summed E-state index contributed by atoms with van der Waals surface area (Å²) in [6, 6.07) is 2.60. The van der Waals surface area contributed by atoms with Crippen molar-refractivity contribution < 1.29 is 0 Å². The highest BCUT2D eigenvalue weighted by molar-refractivity contribution is 5.35. The minimum absolute atomic E-state index is 0.410. The molecule has 1 aromatic rings. The monoisotopic (exact) mass is 221 g/mol. The summed E-state index contributed by atoms with van der Waals surface area (Å²) in [5.74, 6) is 1.15. The van der Waals surface area contributed by atoms with Crippen LogP contribution in [0.5, 0.6) is 0 Å². The molecule has 0 atom stereocenters. The second-order valence-electron chi connectivity index (χ2n) is 5.24. The molecule has 2 saturated heterocycles. The van der Waals surface area contributed by atoms with E-state index in [1.807, 2.05) is 6.20 Å². The highest BCUT2D eigenvalue weighted by Crippen LogP contribution is 2.23. The molecular weight excluding hydrogens is 202 g/mol. The van der Waals surface area contributed by atoms with E-state index in [1.165, 1.54) is 0 Å². The largest absolute Gasteiger partial charge is 0.370 e. The number of aromatic nitrogens is 2. The van der Waals surface area contributed by atoms with Crippen LogP contribution in [0.2, 0.25) is 0 Å². The second-order valence-corrected chi connectivity index (χ2v) is 5.24. The van der Waals surface area contributed by atoms with Crippen molar-refractivity contribution in [3.63, 3.8) is 0 Å². The lowest BCUT2D eigenvalue weighted by atomic mass is 9.84. The molecule has 2 aliphatic rings. The standard InChI is InChI=1S/C11H19N5/c1-11(6-13-7-11)8-14-10-2-3-15-16(10)9-4-12-5-9/h2-3,9,12-14H,4-8H2,1H3. The van der Waals surface area contributed by atoms with Gasteiger partial charge < -0.3 is 16.0 Å². The molecule has 3 N–H and O–H groups in total. The van der Waals surface area contributed by atoms with Gasteiger partial charge in [-0.1, -0.05) is 6.92 Å². The Bertz CT molecular complexity index is 364. The van der Waals surface area contributed by atoms with E-state index < -0.39 is 0 Å². The first-order valence-corrected chi connectivity index (χ1v) is 5.96. The Morgan fingerprint density at radius 3 is 2.88 bits per heavy atom. The molecule has 88 valence electrons. The van der Waals surface area contributed by atoms with Gasteiger partial charge in [-0.25, -0.2) is 4.68 Å². The molecule has 5 heteroatoms. The van der Waals surface area contributed by atoms with Gasteiger partial charge in [0.1, 0.15) is 5.82 Å². The average molecular weight is 221 g/mol. The Hall–Kier alpha value is -1.07. The van der Waals surface area contributed by atoms with E-state index >= 15 is 0 Å². The third-order valence-corrected chi connectivity index (χ3v) is 3.58. The molecule has 0 aliphatic carbocycles. The summed E-state index contributed by atoms with van der Waals surface area (Å²) in [5, 5.41) is 14.5. The minimum Gasteiger partial charge on any atom is -0.370 e. The van der Waals surface area contributed by atoms with Gasteiger partial charge >= 0.3 is 0 Å². The fourth-order valence-corrected chi connectivity index (χ4v) is 2.17. The summed E-state index contributed by atoms with van der Waals surface area (Å²) < 4.78 is 2.10. The Kier molecular flexibility index (Phi) is 2.37. The van der Waals surface area contributed by atoms with E-state index in [1.54, 1.807) is 0 Å². The second kappa shape index (κ2) is 3.75. The van der Waals surface area contributed by atoms with Gasteiger partial charge in [0.05, 0.1) is 12.2 Å². The normalized spacial score (nSPS) is 23.6. The third-order valence-electron chi connectivity index (χ3n) is 3.58. The van der Waals surface area contributed by atoms with Crippen LogP contribution in [0.3, 0.4) is 0 Å². The predicted molar refractivity (Wildman–Crippen MR) is 63.6 cm³/mol. The zero-order chi connectivity index (χ0) is 11.0. The van der Waals surface area contributed by atoms with Crippen molar-refractivity contribution in [2.24, 2.45) is 5.41 Å². The van der Waals surface area contributed by atoms with E-state index in [4.69, 9.17) is 0 Å². The van der Waals surface area contributed by atoms with Crippen LogP contribution < -0.4 is 16.0 Å². The topological polar surface area (TPSA) is 53.9 Å². The van der Waals surface area contributed by atoms with Gasteiger partial charge in [0.2, 0.25) is 0 Å². The molecule has 16 heavy (non-hydrogen) atoms. The molecule has 0 spiro atoms. The highest BCUT2D eigenvalue weighted by atomic mass is 15.4. The molecular formula is C11H19N5. The molecule has 2 fully saturated rings. The number of nitrogens with zero attached hydrogens (tertiary/aromatic N) is 2. The molecule has 0 amide bonds. The van der Waals surface area contributed by atoms with Crippen molar-refractivity contribution in [1.29, 1.82) is 0 Å². The Labute approximate surface area is 95.6 Å². The summed E-state index contributed by atoms with van der Waals surface area (Å²) in [4.78, 5) is 0. The fourth-order valence-electron chi connectivity index (χ4n) is 2.17. The highest BCUT2D eigenvalue weighted by Gasteiger charge is 2.31. The SMILES string of the molecule is CC1(CNc2ccnn2C2CNC2)CNC1. The van der Waals surface area contributed by atoms with Crippen LogP contribution >= 0.6 is 0 Å². The van der Waals surface area contributed by atoms with Crippen molar-refractivity contribution in [2.75, 3.05) is 38.0 Å². The van der Waals surface area contributed by atoms with Crippen molar-refractivity contribution in [1.82, 2.24) is 20.4 Å². The molecule has 0 unspecified atom stereocenters. The third kappa shape index (κ3) is 1.70. The van der Waals surface area contributed by atoms with E-state index in [0.29, 0.717) is 11.5 Å². The van der Waals surface area contributed by atoms with E-state index in [-0.39, 0.29) is 0 Å². The molecule has 3 heterocycles. The summed E-state index contributed by atoms with van der Waals surface area (Å²) in [7, 11) is 0. The molecule has 0 saturated carbocycles. The number of rotatable bonds is 4. The Balaban J connectivity index is 1.63. The summed E-state index contributed by atoms with van der Waals surface area (Å²) in [5.41, 5.74) is 0.410. The quantitative estimate of drug-likeness (QED) is 0.672. The summed E-state index contributed by atoms with van der Waals surface area (Å²) >= 11 is 0. The van der Waals surface area contributed by atoms with Crippen LogP contribution in [0, 0.1) is 5.41 Å². The zero-order valence-corrected chi connectivity index (χ0v) is 9.66. The van der Waals surface area contributed by atoms with Gasteiger partial charge in [0.25, 0.3) is 0 Å². The molecule has 5 nitrogen and oxygen atoms in total. The van der Waals surface area contributed by atoms with Gasteiger partial charge in [-0.15, -0.1) is 0 Å².